The second-order valence-corrected chi connectivity index (χ2v) is 9.42. The predicted molar refractivity (Wildman–Crippen MR) is 125 cm³/mol. The molecule has 0 aliphatic carbocycles. The van der Waals surface area contributed by atoms with Gasteiger partial charge in [-0.15, -0.1) is 0 Å². The monoisotopic (exact) mass is 460 g/mol. The third kappa shape index (κ3) is 3.99. The molecule has 3 heterocycles. The van der Waals surface area contributed by atoms with Crippen molar-refractivity contribution in [2.75, 3.05) is 26.5 Å². The highest BCUT2D eigenvalue weighted by molar-refractivity contribution is 5.98. The lowest BCUT2D eigenvalue weighted by atomic mass is 9.73. The number of amides is 2. The zero-order valence-corrected chi connectivity index (χ0v) is 19.4. The van der Waals surface area contributed by atoms with Crippen LogP contribution in [0.15, 0.2) is 42.5 Å². The van der Waals surface area contributed by atoms with E-state index >= 15 is 0 Å². The van der Waals surface area contributed by atoms with Gasteiger partial charge in [0, 0.05) is 30.0 Å². The average molecular weight is 461 g/mol. The van der Waals surface area contributed by atoms with Gasteiger partial charge in [-0.1, -0.05) is 37.8 Å². The van der Waals surface area contributed by atoms with Crippen molar-refractivity contribution >= 4 is 11.8 Å². The summed E-state index contributed by atoms with van der Waals surface area (Å²) in [6.07, 6.45) is 0.851. The molecule has 5 rings (SSSR count). The first kappa shape index (κ1) is 22.3. The lowest BCUT2D eigenvalue weighted by Crippen LogP contribution is -2.73. The topological polar surface area (TPSA) is 79.3 Å². The maximum Gasteiger partial charge on any atom is 0.254 e. The van der Waals surface area contributed by atoms with E-state index in [4.69, 9.17) is 9.47 Å². The minimum Gasteiger partial charge on any atom is -0.454 e. The Kier molecular flexibility index (Phi) is 5.93. The Hall–Kier alpha value is -3.50. The third-order valence-corrected chi connectivity index (χ3v) is 6.70. The zero-order valence-electron chi connectivity index (χ0n) is 19.4. The molecule has 2 aromatic carbocycles. The van der Waals surface area contributed by atoms with Gasteiger partial charge in [-0.25, -0.2) is 0 Å². The van der Waals surface area contributed by atoms with Gasteiger partial charge in [0.2, 0.25) is 12.7 Å². The zero-order chi connectivity index (χ0) is 23.8. The van der Waals surface area contributed by atoms with E-state index in [-0.39, 0.29) is 49.8 Å². The Labute approximate surface area is 199 Å². The number of aliphatic hydroxyl groups is 1. The van der Waals surface area contributed by atoms with Crippen molar-refractivity contribution in [3.8, 4) is 23.3 Å². The summed E-state index contributed by atoms with van der Waals surface area (Å²) in [4.78, 5) is 29.5. The first-order chi connectivity index (χ1) is 16.5. The van der Waals surface area contributed by atoms with Crippen molar-refractivity contribution in [3.63, 3.8) is 0 Å². The van der Waals surface area contributed by atoms with E-state index in [1.807, 2.05) is 24.3 Å². The van der Waals surface area contributed by atoms with Crippen LogP contribution in [0, 0.1) is 17.8 Å². The van der Waals surface area contributed by atoms with Crippen LogP contribution in [0.25, 0.3) is 0 Å². The molecule has 0 aromatic heterocycles. The number of hydrogen-bond donors (Lipinski definition) is 1. The van der Waals surface area contributed by atoms with Crippen molar-refractivity contribution in [1.82, 2.24) is 9.80 Å². The van der Waals surface area contributed by atoms with E-state index in [1.165, 1.54) is 0 Å². The Morgan fingerprint density at radius 3 is 2.65 bits per heavy atom. The first-order valence-corrected chi connectivity index (χ1v) is 11.7. The van der Waals surface area contributed by atoms with Crippen LogP contribution in [-0.2, 0) is 4.79 Å². The largest absolute Gasteiger partial charge is 0.454 e. The Bertz CT molecular complexity index is 1160. The molecule has 0 spiro atoms. The molecule has 2 saturated heterocycles. The van der Waals surface area contributed by atoms with Crippen molar-refractivity contribution in [2.45, 2.75) is 38.3 Å². The molecule has 2 aromatic rings. The molecule has 34 heavy (non-hydrogen) atoms. The Morgan fingerprint density at radius 1 is 1.15 bits per heavy atom. The molecule has 1 N–H and O–H groups in total. The quantitative estimate of drug-likeness (QED) is 0.710. The first-order valence-electron chi connectivity index (χ1n) is 11.7. The van der Waals surface area contributed by atoms with Gasteiger partial charge in [0.1, 0.15) is 6.54 Å². The standard InChI is InChI=1S/C27H28N2O5/c1-17(2)4-3-5-18-6-8-19(9-7-18)26-21-13-28(14-25(31)29(21)22(26)15-30)27(32)20-10-11-23-24(12-20)34-16-33-23/h6-12,17,21-22,26,30H,4,13-16H2,1-2H3/t21-,22-,26-/m0/s1. The minimum atomic E-state index is -0.279. The number of benzene rings is 2. The normalized spacial score (nSPS) is 22.7. The molecule has 2 fully saturated rings. The van der Waals surface area contributed by atoms with Crippen LogP contribution in [0.5, 0.6) is 11.5 Å². The number of hydrogen-bond acceptors (Lipinski definition) is 5. The fourth-order valence-corrected chi connectivity index (χ4v) is 5.01. The minimum absolute atomic E-state index is 0.00261. The summed E-state index contributed by atoms with van der Waals surface area (Å²) in [6.45, 7) is 4.72. The Morgan fingerprint density at radius 2 is 1.91 bits per heavy atom. The number of rotatable bonds is 4. The van der Waals surface area contributed by atoms with Gasteiger partial charge >= 0.3 is 0 Å². The molecule has 0 unspecified atom stereocenters. The summed E-state index contributed by atoms with van der Waals surface area (Å²) in [5.74, 6) is 7.66. The van der Waals surface area contributed by atoms with Crippen LogP contribution in [0.3, 0.4) is 0 Å². The molecule has 0 radical (unpaired) electrons. The molecule has 2 amide bonds. The van der Waals surface area contributed by atoms with Gasteiger partial charge < -0.3 is 24.4 Å². The fraction of sp³-hybridized carbons (Fsp3) is 0.407. The molecule has 3 aliphatic rings. The van der Waals surface area contributed by atoms with Crippen LogP contribution in [0.4, 0.5) is 0 Å². The van der Waals surface area contributed by atoms with E-state index in [1.54, 1.807) is 28.0 Å². The van der Waals surface area contributed by atoms with E-state index < -0.39 is 0 Å². The summed E-state index contributed by atoms with van der Waals surface area (Å²) in [7, 11) is 0. The summed E-state index contributed by atoms with van der Waals surface area (Å²) >= 11 is 0. The highest BCUT2D eigenvalue weighted by Crippen LogP contribution is 2.43. The molecule has 176 valence electrons. The molecule has 3 atom stereocenters. The smallest absolute Gasteiger partial charge is 0.254 e. The predicted octanol–water partition coefficient (Wildman–Crippen LogP) is 2.62. The van der Waals surface area contributed by atoms with Gasteiger partial charge in [0.25, 0.3) is 5.91 Å². The molecule has 3 aliphatic heterocycles. The summed E-state index contributed by atoms with van der Waals surface area (Å²) < 4.78 is 10.7. The van der Waals surface area contributed by atoms with E-state index in [0.29, 0.717) is 29.5 Å². The second kappa shape index (κ2) is 9.03. The number of carbonyl (C=O) groups excluding carboxylic acids is 2. The average Bonchev–Trinajstić information content (AvgIpc) is 3.28. The maximum absolute atomic E-state index is 13.2. The van der Waals surface area contributed by atoms with Crippen LogP contribution in [0.1, 0.15) is 47.7 Å². The maximum atomic E-state index is 13.2. The molecular formula is C27H28N2O5. The van der Waals surface area contributed by atoms with E-state index in [2.05, 4.69) is 25.7 Å². The number of nitrogens with zero attached hydrogens (tertiary/aromatic N) is 2. The molecule has 7 nitrogen and oxygen atoms in total. The highest BCUT2D eigenvalue weighted by atomic mass is 16.7. The SMILES string of the molecule is CC(C)CC#Cc1ccc([C@@H]2[C@H](CO)N3C(=O)CN(C(=O)c4ccc5c(c4)OCO5)C[C@@H]23)cc1. The summed E-state index contributed by atoms with van der Waals surface area (Å²) in [6, 6.07) is 12.6. The van der Waals surface area contributed by atoms with Crippen LogP contribution >= 0.6 is 0 Å². The van der Waals surface area contributed by atoms with Crippen molar-refractivity contribution < 1.29 is 24.2 Å². The summed E-state index contributed by atoms with van der Waals surface area (Å²) in [5.41, 5.74) is 2.45. The van der Waals surface area contributed by atoms with Gasteiger partial charge in [0.05, 0.1) is 18.7 Å². The number of carbonyl (C=O) groups is 2. The lowest BCUT2D eigenvalue weighted by Gasteiger charge is -2.58. The second-order valence-electron chi connectivity index (χ2n) is 9.42. The van der Waals surface area contributed by atoms with Crippen LogP contribution < -0.4 is 9.47 Å². The van der Waals surface area contributed by atoms with Gasteiger partial charge in [0.15, 0.2) is 11.5 Å². The fourth-order valence-electron chi connectivity index (χ4n) is 5.01. The lowest BCUT2D eigenvalue weighted by molar-refractivity contribution is -0.159. The van der Waals surface area contributed by atoms with Crippen LogP contribution in [-0.4, -0.2) is 65.3 Å². The van der Waals surface area contributed by atoms with Crippen LogP contribution in [0.2, 0.25) is 0 Å². The molecule has 0 bridgehead atoms. The van der Waals surface area contributed by atoms with Crippen molar-refractivity contribution in [2.24, 2.45) is 5.92 Å². The highest BCUT2D eigenvalue weighted by Gasteiger charge is 2.54. The van der Waals surface area contributed by atoms with Crippen molar-refractivity contribution in [1.29, 1.82) is 0 Å². The number of piperazine rings is 1. The van der Waals surface area contributed by atoms with E-state index in [9.17, 15) is 14.7 Å². The summed E-state index contributed by atoms with van der Waals surface area (Å²) in [5, 5.41) is 10.0. The third-order valence-electron chi connectivity index (χ3n) is 6.70. The van der Waals surface area contributed by atoms with Gasteiger partial charge in [-0.2, -0.15) is 0 Å². The van der Waals surface area contributed by atoms with Gasteiger partial charge in [-0.05, 0) is 41.8 Å². The van der Waals surface area contributed by atoms with Crippen molar-refractivity contribution in [3.05, 3.63) is 59.2 Å². The molecule has 7 heteroatoms. The molecular weight excluding hydrogens is 432 g/mol. The number of ether oxygens (including phenoxy) is 2. The molecule has 0 saturated carbocycles. The van der Waals surface area contributed by atoms with Gasteiger partial charge in [-0.3, -0.25) is 9.59 Å². The number of fused-ring (bicyclic) bond motifs is 2. The van der Waals surface area contributed by atoms with E-state index in [0.717, 1.165) is 17.5 Å². The number of aliphatic hydroxyl groups excluding tert-OH is 1. The Balaban J connectivity index is 1.34.